The summed E-state index contributed by atoms with van der Waals surface area (Å²) in [6.07, 6.45) is 1.83. The van der Waals surface area contributed by atoms with E-state index in [1.54, 1.807) is 0 Å². The van der Waals surface area contributed by atoms with Crippen LogP contribution in [-0.4, -0.2) is 15.2 Å². The molecule has 0 radical (unpaired) electrons. The fraction of sp³-hybridized carbons (Fsp3) is 0.0172. The predicted molar refractivity (Wildman–Crippen MR) is 253 cm³/mol. The molecule has 1 aliphatic heterocycles. The van der Waals surface area contributed by atoms with Crippen molar-refractivity contribution >= 4 is 17.1 Å². The summed E-state index contributed by atoms with van der Waals surface area (Å²) in [5, 5.41) is 10.1. The molecule has 8 aromatic carbocycles. The van der Waals surface area contributed by atoms with Crippen LogP contribution in [0.5, 0.6) is 0 Å². The Bertz CT molecular complexity index is 3240. The lowest BCUT2D eigenvalue weighted by molar-refractivity contribution is 0.753. The summed E-state index contributed by atoms with van der Waals surface area (Å²) < 4.78 is 0. The number of pyridine rings is 1. The van der Waals surface area contributed by atoms with Gasteiger partial charge < -0.3 is 4.90 Å². The summed E-state index contributed by atoms with van der Waals surface area (Å²) in [7, 11) is 0. The maximum Gasteiger partial charge on any atom is 0.101 e. The molecule has 2 aliphatic rings. The number of fused-ring (bicyclic) bond motifs is 9. The fourth-order valence-corrected chi connectivity index (χ4v) is 9.99. The van der Waals surface area contributed by atoms with Crippen molar-refractivity contribution < 1.29 is 0 Å². The van der Waals surface area contributed by atoms with E-state index in [0.29, 0.717) is 0 Å². The van der Waals surface area contributed by atoms with E-state index in [9.17, 15) is 0 Å². The SMILES string of the molecule is c1ccc(-c2ccccc2-c2nnc(-c3ccc(-c4ccccn4)cc3)cc2-c2ccc3c(c2)-c2ccccc2C32c3ccccc3N(c3ccccc3)c3ccccc32)cc1. The Labute approximate surface area is 361 Å². The third-order valence-electron chi connectivity index (χ3n) is 12.7. The highest BCUT2D eigenvalue weighted by atomic mass is 15.2. The van der Waals surface area contributed by atoms with Crippen molar-refractivity contribution in [1.29, 1.82) is 0 Å². The van der Waals surface area contributed by atoms with Crippen LogP contribution in [0.25, 0.3) is 67.2 Å². The maximum atomic E-state index is 5.12. The first-order chi connectivity index (χ1) is 30.8. The number of rotatable bonds is 6. The Kier molecular flexibility index (Phi) is 8.36. The minimum atomic E-state index is -0.539. The highest BCUT2D eigenvalue weighted by Gasteiger charge is 2.51. The van der Waals surface area contributed by atoms with Gasteiger partial charge in [0.2, 0.25) is 0 Å². The molecule has 0 amide bonds. The van der Waals surface area contributed by atoms with Gasteiger partial charge in [-0.05, 0) is 98.6 Å². The molecule has 4 heteroatoms. The predicted octanol–water partition coefficient (Wildman–Crippen LogP) is 14.4. The first-order valence-corrected chi connectivity index (χ1v) is 21.1. The van der Waals surface area contributed by atoms with Gasteiger partial charge in [0.05, 0.1) is 28.2 Å². The van der Waals surface area contributed by atoms with Crippen molar-refractivity contribution in [2.45, 2.75) is 5.41 Å². The van der Waals surface area contributed by atoms with E-state index < -0.39 is 5.41 Å². The molecule has 0 N–H and O–H groups in total. The third-order valence-corrected chi connectivity index (χ3v) is 12.7. The monoisotopic (exact) mass is 790 g/mol. The van der Waals surface area contributed by atoms with Crippen LogP contribution in [0.1, 0.15) is 22.3 Å². The zero-order valence-electron chi connectivity index (χ0n) is 33.7. The molecule has 0 bridgehead atoms. The molecule has 1 aliphatic carbocycles. The zero-order chi connectivity index (χ0) is 41.0. The van der Waals surface area contributed by atoms with Crippen LogP contribution in [0.2, 0.25) is 0 Å². The van der Waals surface area contributed by atoms with Crippen LogP contribution in [0.3, 0.4) is 0 Å². The molecule has 62 heavy (non-hydrogen) atoms. The average molecular weight is 791 g/mol. The second kappa shape index (κ2) is 14.5. The number of para-hydroxylation sites is 3. The van der Waals surface area contributed by atoms with E-state index in [4.69, 9.17) is 10.2 Å². The van der Waals surface area contributed by atoms with Gasteiger partial charge in [-0.2, -0.15) is 0 Å². The van der Waals surface area contributed by atoms with Crippen molar-refractivity contribution in [3.05, 3.63) is 253 Å². The lowest BCUT2D eigenvalue weighted by Gasteiger charge is -2.45. The van der Waals surface area contributed by atoms with Crippen LogP contribution in [0.15, 0.2) is 231 Å². The van der Waals surface area contributed by atoms with Crippen LogP contribution in [0.4, 0.5) is 17.1 Å². The van der Waals surface area contributed by atoms with Gasteiger partial charge in [-0.1, -0.05) is 176 Å². The molecule has 10 aromatic rings. The number of anilines is 3. The van der Waals surface area contributed by atoms with E-state index in [1.807, 2.05) is 24.4 Å². The molecule has 4 nitrogen and oxygen atoms in total. The third kappa shape index (κ3) is 5.50. The van der Waals surface area contributed by atoms with Gasteiger partial charge in [0.1, 0.15) is 5.69 Å². The van der Waals surface area contributed by atoms with Crippen molar-refractivity contribution in [2.24, 2.45) is 0 Å². The second-order valence-corrected chi connectivity index (χ2v) is 16.0. The van der Waals surface area contributed by atoms with E-state index in [2.05, 4.69) is 216 Å². The highest BCUT2D eigenvalue weighted by molar-refractivity contribution is 5.98. The lowest BCUT2D eigenvalue weighted by Crippen LogP contribution is -2.36. The fourth-order valence-electron chi connectivity index (χ4n) is 9.99. The van der Waals surface area contributed by atoms with Crippen molar-refractivity contribution in [2.75, 3.05) is 4.90 Å². The Morgan fingerprint density at radius 3 is 1.56 bits per heavy atom. The van der Waals surface area contributed by atoms with Gasteiger partial charge in [-0.25, -0.2) is 0 Å². The summed E-state index contributed by atoms with van der Waals surface area (Å²) in [6.45, 7) is 0. The quantitative estimate of drug-likeness (QED) is 0.168. The molecule has 0 saturated heterocycles. The summed E-state index contributed by atoms with van der Waals surface area (Å²) >= 11 is 0. The van der Waals surface area contributed by atoms with E-state index >= 15 is 0 Å². The Morgan fingerprint density at radius 1 is 0.323 bits per heavy atom. The highest BCUT2D eigenvalue weighted by Crippen LogP contribution is 2.63. The average Bonchev–Trinajstić information content (AvgIpc) is 3.65. The van der Waals surface area contributed by atoms with Crippen LogP contribution < -0.4 is 4.90 Å². The minimum Gasteiger partial charge on any atom is -0.310 e. The number of hydrogen-bond donors (Lipinski definition) is 0. The van der Waals surface area contributed by atoms with Crippen molar-refractivity contribution in [3.8, 4) is 67.2 Å². The van der Waals surface area contributed by atoms with Gasteiger partial charge in [0.25, 0.3) is 0 Å². The standard InChI is InChI=1S/C58H38N4/c1-3-17-39(18-4-1)44-21-7-8-23-46(44)57-47(38-54(60-61-57)41-32-30-40(31-33-41)53-27-15-16-36-59-53)42-34-35-50-48(37-42)45-22-9-10-24-49(45)58(50)51-25-11-13-28-55(51)62(43-19-5-2-6-20-43)56-29-14-12-26-52(56)58/h1-38H. The molecule has 0 unspecified atom stereocenters. The summed E-state index contributed by atoms with van der Waals surface area (Å²) in [6, 6.07) is 80.5. The number of benzene rings is 8. The summed E-state index contributed by atoms with van der Waals surface area (Å²) in [5.74, 6) is 0. The topological polar surface area (TPSA) is 41.9 Å². The molecule has 290 valence electrons. The number of aromatic nitrogens is 3. The van der Waals surface area contributed by atoms with Crippen molar-refractivity contribution in [3.63, 3.8) is 0 Å². The van der Waals surface area contributed by atoms with Crippen LogP contribution in [-0.2, 0) is 5.41 Å². The Hall–Kier alpha value is -8.21. The van der Waals surface area contributed by atoms with Gasteiger partial charge in [0, 0.05) is 34.1 Å². The van der Waals surface area contributed by atoms with Gasteiger partial charge >= 0.3 is 0 Å². The summed E-state index contributed by atoms with van der Waals surface area (Å²) in [5.41, 5.74) is 20.5. The Balaban J connectivity index is 1.08. The number of hydrogen-bond acceptors (Lipinski definition) is 4. The second-order valence-electron chi connectivity index (χ2n) is 16.0. The van der Waals surface area contributed by atoms with Gasteiger partial charge in [-0.3, -0.25) is 4.98 Å². The number of nitrogens with zero attached hydrogens (tertiary/aromatic N) is 4. The van der Waals surface area contributed by atoms with E-state index in [1.165, 1.54) is 44.8 Å². The van der Waals surface area contributed by atoms with Crippen molar-refractivity contribution in [1.82, 2.24) is 15.2 Å². The first kappa shape index (κ1) is 35.7. The zero-order valence-corrected chi connectivity index (χ0v) is 33.7. The molecule has 2 aromatic heterocycles. The molecular formula is C58H38N4. The minimum absolute atomic E-state index is 0.539. The smallest absolute Gasteiger partial charge is 0.101 e. The molecule has 3 heterocycles. The summed E-state index contributed by atoms with van der Waals surface area (Å²) in [4.78, 5) is 7.00. The van der Waals surface area contributed by atoms with E-state index in [-0.39, 0.29) is 0 Å². The normalized spacial score (nSPS) is 12.9. The maximum absolute atomic E-state index is 5.12. The van der Waals surface area contributed by atoms with E-state index in [0.717, 1.165) is 61.7 Å². The molecule has 12 rings (SSSR count). The molecule has 0 fully saturated rings. The molecule has 1 spiro atoms. The lowest BCUT2D eigenvalue weighted by atomic mass is 9.64. The molecular weight excluding hydrogens is 753 g/mol. The Morgan fingerprint density at radius 2 is 0.871 bits per heavy atom. The van der Waals surface area contributed by atoms with Gasteiger partial charge in [0.15, 0.2) is 0 Å². The molecule has 0 saturated carbocycles. The van der Waals surface area contributed by atoms with Gasteiger partial charge in [-0.15, -0.1) is 10.2 Å². The largest absolute Gasteiger partial charge is 0.310 e. The first-order valence-electron chi connectivity index (χ1n) is 21.1. The molecule has 0 atom stereocenters. The van der Waals surface area contributed by atoms with Crippen LogP contribution in [0, 0.1) is 0 Å². The van der Waals surface area contributed by atoms with Crippen LogP contribution >= 0.6 is 0 Å².